The Hall–Kier alpha value is -0.240. The minimum atomic E-state index is 0.489. The average Bonchev–Trinajstić information content (AvgIpc) is 3.60. The van der Waals surface area contributed by atoms with E-state index < -0.39 is 0 Å². The molecule has 4 aliphatic heterocycles. The molecule has 6 heteroatoms. The fourth-order valence-corrected chi connectivity index (χ4v) is 6.92. The number of epoxide rings is 4. The fraction of sp³-hybridized carbons (Fsp3) is 1.00. The van der Waals surface area contributed by atoms with Crippen molar-refractivity contribution in [2.24, 2.45) is 29.6 Å². The van der Waals surface area contributed by atoms with Gasteiger partial charge in [0.15, 0.2) is 0 Å². The van der Waals surface area contributed by atoms with E-state index in [1.54, 1.807) is 0 Å². The SMILES string of the molecule is CCC1CC2CC(CCC2CN(CC2CO2)CC2CO2)C1CN(CC1CO1)CC1CO1. The van der Waals surface area contributed by atoms with Gasteiger partial charge in [-0.3, -0.25) is 9.80 Å². The predicted molar refractivity (Wildman–Crippen MR) is 118 cm³/mol. The molecule has 6 nitrogen and oxygen atoms in total. The first-order valence-electron chi connectivity index (χ1n) is 13.1. The van der Waals surface area contributed by atoms with Crippen LogP contribution < -0.4 is 0 Å². The lowest BCUT2D eigenvalue weighted by Gasteiger charge is -2.50. The summed E-state index contributed by atoms with van der Waals surface area (Å²) in [7, 11) is 0. The van der Waals surface area contributed by atoms with E-state index in [0.717, 1.165) is 82.2 Å². The Morgan fingerprint density at radius 2 is 1.10 bits per heavy atom. The second-order valence-electron chi connectivity index (χ2n) is 11.4. The maximum atomic E-state index is 5.57. The van der Waals surface area contributed by atoms with Gasteiger partial charge < -0.3 is 18.9 Å². The molecule has 0 amide bonds. The summed E-state index contributed by atoms with van der Waals surface area (Å²) in [6, 6.07) is 0. The van der Waals surface area contributed by atoms with Gasteiger partial charge in [-0.05, 0) is 55.3 Å². The highest BCUT2D eigenvalue weighted by Gasteiger charge is 2.45. The highest BCUT2D eigenvalue weighted by atomic mass is 16.6. The van der Waals surface area contributed by atoms with Gasteiger partial charge in [-0.1, -0.05) is 13.3 Å². The first kappa shape index (κ1) is 21.3. The van der Waals surface area contributed by atoms with Crippen molar-refractivity contribution in [1.29, 1.82) is 0 Å². The molecule has 4 heterocycles. The van der Waals surface area contributed by atoms with Crippen LogP contribution in [-0.2, 0) is 18.9 Å². The standard InChI is InChI=1S/C25H42N2O4/c1-2-17-5-20-6-18(25(17)12-27(10-23-15-30-23)11-24-16-31-24)3-4-19(20)7-26(8-21-13-28-21)9-22-14-29-22/h17-25H,2-16H2,1H3. The van der Waals surface area contributed by atoms with Crippen LogP contribution in [0.25, 0.3) is 0 Å². The monoisotopic (exact) mass is 434 g/mol. The number of nitrogens with zero attached hydrogens (tertiary/aromatic N) is 2. The van der Waals surface area contributed by atoms with E-state index in [2.05, 4.69) is 16.7 Å². The summed E-state index contributed by atoms with van der Waals surface area (Å²) >= 11 is 0. The van der Waals surface area contributed by atoms with Crippen molar-refractivity contribution in [1.82, 2.24) is 9.80 Å². The van der Waals surface area contributed by atoms with Crippen molar-refractivity contribution in [3.05, 3.63) is 0 Å². The summed E-state index contributed by atoms with van der Waals surface area (Å²) in [5.74, 6) is 4.49. The molecular weight excluding hydrogens is 392 g/mol. The van der Waals surface area contributed by atoms with Crippen LogP contribution in [0.3, 0.4) is 0 Å². The van der Waals surface area contributed by atoms with Gasteiger partial charge in [-0.15, -0.1) is 0 Å². The highest BCUT2D eigenvalue weighted by Crippen LogP contribution is 2.50. The second-order valence-corrected chi connectivity index (χ2v) is 11.4. The Morgan fingerprint density at radius 1 is 0.581 bits per heavy atom. The molecule has 9 atom stereocenters. The van der Waals surface area contributed by atoms with Crippen molar-refractivity contribution in [3.63, 3.8) is 0 Å². The van der Waals surface area contributed by atoms with Gasteiger partial charge in [0, 0.05) is 39.3 Å². The van der Waals surface area contributed by atoms with Crippen molar-refractivity contribution >= 4 is 0 Å². The lowest BCUT2D eigenvalue weighted by molar-refractivity contribution is -0.00671. The molecule has 6 aliphatic rings. The van der Waals surface area contributed by atoms with Gasteiger partial charge in [0.05, 0.1) is 50.8 Å². The molecule has 0 spiro atoms. The smallest absolute Gasteiger partial charge is 0.0936 e. The molecule has 9 unspecified atom stereocenters. The quantitative estimate of drug-likeness (QED) is 0.415. The van der Waals surface area contributed by atoms with Crippen LogP contribution in [0.2, 0.25) is 0 Å². The largest absolute Gasteiger partial charge is 0.372 e. The van der Waals surface area contributed by atoms with Gasteiger partial charge in [0.1, 0.15) is 0 Å². The molecule has 31 heavy (non-hydrogen) atoms. The van der Waals surface area contributed by atoms with Crippen LogP contribution >= 0.6 is 0 Å². The minimum absolute atomic E-state index is 0.489. The lowest BCUT2D eigenvalue weighted by atomic mass is 9.58. The lowest BCUT2D eigenvalue weighted by Crippen LogP contribution is -2.48. The maximum absolute atomic E-state index is 5.57. The summed E-state index contributed by atoms with van der Waals surface area (Å²) in [5.41, 5.74) is 0. The van der Waals surface area contributed by atoms with Crippen molar-refractivity contribution < 1.29 is 18.9 Å². The third-order valence-corrected chi connectivity index (χ3v) is 8.94. The van der Waals surface area contributed by atoms with Gasteiger partial charge in [0.25, 0.3) is 0 Å². The molecule has 6 rings (SSSR count). The molecule has 0 aromatic rings. The predicted octanol–water partition coefficient (Wildman–Crippen LogP) is 2.26. The van der Waals surface area contributed by atoms with E-state index in [4.69, 9.17) is 18.9 Å². The molecular formula is C25H42N2O4. The van der Waals surface area contributed by atoms with E-state index >= 15 is 0 Å². The molecule has 6 fully saturated rings. The summed E-state index contributed by atoms with van der Waals surface area (Å²) in [6.07, 6.45) is 9.07. The second kappa shape index (κ2) is 9.19. The van der Waals surface area contributed by atoms with E-state index in [-0.39, 0.29) is 0 Å². The zero-order valence-corrected chi connectivity index (χ0v) is 19.3. The highest BCUT2D eigenvalue weighted by molar-refractivity contribution is 4.96. The Labute approximate surface area is 187 Å². The van der Waals surface area contributed by atoms with Crippen LogP contribution in [0.4, 0.5) is 0 Å². The Balaban J connectivity index is 1.06. The summed E-state index contributed by atoms with van der Waals surface area (Å²) in [6.45, 7) is 13.3. The zero-order chi connectivity index (χ0) is 20.8. The van der Waals surface area contributed by atoms with E-state index in [9.17, 15) is 0 Å². The minimum Gasteiger partial charge on any atom is -0.372 e. The van der Waals surface area contributed by atoms with Crippen LogP contribution in [0.1, 0.15) is 39.0 Å². The molecule has 2 bridgehead atoms. The molecule has 0 radical (unpaired) electrons. The Morgan fingerprint density at radius 3 is 1.58 bits per heavy atom. The van der Waals surface area contributed by atoms with Crippen molar-refractivity contribution in [3.8, 4) is 0 Å². The van der Waals surface area contributed by atoms with E-state index in [1.165, 1.54) is 45.2 Å². The molecule has 2 aliphatic carbocycles. The number of fused-ring (bicyclic) bond motifs is 2. The molecule has 0 aromatic carbocycles. The summed E-state index contributed by atoms with van der Waals surface area (Å²) in [4.78, 5) is 5.38. The van der Waals surface area contributed by atoms with Crippen LogP contribution in [0.5, 0.6) is 0 Å². The third kappa shape index (κ3) is 5.82. The molecule has 4 saturated heterocycles. The Bertz CT molecular complexity index is 574. The zero-order valence-electron chi connectivity index (χ0n) is 19.3. The number of hydrogen-bond acceptors (Lipinski definition) is 6. The van der Waals surface area contributed by atoms with Gasteiger partial charge in [0.2, 0.25) is 0 Å². The summed E-state index contributed by atoms with van der Waals surface area (Å²) < 4.78 is 22.3. The van der Waals surface area contributed by atoms with Gasteiger partial charge in [-0.2, -0.15) is 0 Å². The van der Waals surface area contributed by atoms with Crippen LogP contribution in [0.15, 0.2) is 0 Å². The third-order valence-electron chi connectivity index (χ3n) is 8.94. The van der Waals surface area contributed by atoms with Gasteiger partial charge in [-0.25, -0.2) is 0 Å². The maximum Gasteiger partial charge on any atom is 0.0936 e. The number of rotatable bonds is 13. The number of hydrogen-bond donors (Lipinski definition) is 0. The molecule has 0 aromatic heterocycles. The number of ether oxygens (including phenoxy) is 4. The van der Waals surface area contributed by atoms with E-state index in [1.807, 2.05) is 0 Å². The van der Waals surface area contributed by atoms with Crippen LogP contribution in [0, 0.1) is 29.6 Å². The van der Waals surface area contributed by atoms with Crippen molar-refractivity contribution in [2.75, 3.05) is 65.7 Å². The molecule has 0 N–H and O–H groups in total. The van der Waals surface area contributed by atoms with Gasteiger partial charge >= 0.3 is 0 Å². The molecule has 176 valence electrons. The van der Waals surface area contributed by atoms with Crippen LogP contribution in [-0.4, -0.2) is 99.9 Å². The summed E-state index contributed by atoms with van der Waals surface area (Å²) in [5, 5.41) is 0. The fourth-order valence-electron chi connectivity index (χ4n) is 6.92. The van der Waals surface area contributed by atoms with E-state index in [0.29, 0.717) is 24.4 Å². The molecule has 2 saturated carbocycles. The topological polar surface area (TPSA) is 56.6 Å². The first-order chi connectivity index (χ1) is 15.2. The first-order valence-corrected chi connectivity index (χ1v) is 13.1. The average molecular weight is 435 g/mol. The Kier molecular flexibility index (Phi) is 6.31. The normalized spacial score (nSPS) is 45.2. The van der Waals surface area contributed by atoms with Crippen molar-refractivity contribution in [2.45, 2.75) is 63.4 Å².